The van der Waals surface area contributed by atoms with Gasteiger partial charge in [-0.3, -0.25) is 0 Å². The Morgan fingerprint density at radius 3 is 0.600 bits per heavy atom. The largest absolute Gasteiger partial charge is 5.00 e. The van der Waals surface area contributed by atoms with Crippen LogP contribution in [0, 0.1) is 0 Å². The molecule has 3 nitrogen and oxygen atoms in total. The second-order valence-corrected chi connectivity index (χ2v) is 0. The molecule has 0 aromatic rings. The molecule has 0 aromatic carbocycles. The van der Waals surface area contributed by atoms with Crippen LogP contribution in [0.2, 0.25) is 0 Å². The van der Waals surface area contributed by atoms with E-state index >= 15 is 0 Å². The van der Waals surface area contributed by atoms with Gasteiger partial charge in [-0.1, -0.05) is 0 Å². The quantitative estimate of drug-likeness (QED) is 0.397. The molecule has 32 valence electrons. The molecular weight excluding hydrogens is 356 g/mol. The molecule has 5 heavy (non-hydrogen) atoms. The van der Waals surface area contributed by atoms with Crippen LogP contribution >= 0.6 is 0 Å². The van der Waals surface area contributed by atoms with Gasteiger partial charge < -0.3 is 16.4 Å². The molecular formula is H2IO3Ta. The maximum absolute atomic E-state index is 0. The van der Waals surface area contributed by atoms with Crippen molar-refractivity contribution in [2.75, 3.05) is 0 Å². The van der Waals surface area contributed by atoms with E-state index in [1.807, 2.05) is 0 Å². The molecule has 0 saturated heterocycles. The minimum absolute atomic E-state index is 0. The van der Waals surface area contributed by atoms with E-state index in [1.165, 1.54) is 0 Å². The third-order valence-electron chi connectivity index (χ3n) is 0. The smallest absolute Gasteiger partial charge is 2.00 e. The summed E-state index contributed by atoms with van der Waals surface area (Å²) < 4.78 is 0. The van der Waals surface area contributed by atoms with E-state index in [-0.39, 0.29) is 62.8 Å². The summed E-state index contributed by atoms with van der Waals surface area (Å²) in [6.07, 6.45) is 0. The molecule has 0 N–H and O–H groups in total. The Morgan fingerprint density at radius 1 is 0.600 bits per heavy atom. The second kappa shape index (κ2) is 55.5. The van der Waals surface area contributed by atoms with Crippen LogP contribution in [0.4, 0.5) is 0 Å². The third-order valence-corrected chi connectivity index (χ3v) is 0. The first kappa shape index (κ1) is 99.7. The van der Waals surface area contributed by atoms with E-state index in [9.17, 15) is 0 Å². The monoisotopic (exact) mass is 358 g/mol. The maximum atomic E-state index is 0. The Labute approximate surface area is 62.6 Å². The molecule has 0 aliphatic rings. The van der Waals surface area contributed by atoms with Crippen LogP contribution in [0.3, 0.4) is 0 Å². The zero-order valence-electron chi connectivity index (χ0n) is 2.12. The average molecular weight is 358 g/mol. The molecule has 0 atom stereocenters. The maximum Gasteiger partial charge on any atom is 5.00 e. The molecule has 0 unspecified atom stereocenters. The van der Waals surface area contributed by atoms with Gasteiger partial charge in [-0.05, 0) is 0 Å². The summed E-state index contributed by atoms with van der Waals surface area (Å²) in [5, 5.41) is 0. The van der Waals surface area contributed by atoms with Crippen LogP contribution in [0.25, 0.3) is 0 Å². The van der Waals surface area contributed by atoms with Crippen molar-refractivity contribution in [2.45, 2.75) is 0 Å². The Balaban J connectivity index is 0. The Kier molecular flexibility index (Phi) is 1110. The van der Waals surface area contributed by atoms with Crippen LogP contribution in [0.5, 0.6) is 0 Å². The molecule has 0 fully saturated rings. The van der Waals surface area contributed by atoms with Gasteiger partial charge in [0, 0.05) is 0 Å². The molecule has 0 amide bonds. The fourth-order valence-corrected chi connectivity index (χ4v) is 0. The van der Waals surface area contributed by atoms with Crippen LogP contribution in [-0.2, 0) is 38.8 Å². The van der Waals surface area contributed by atoms with E-state index in [4.69, 9.17) is 0 Å². The summed E-state index contributed by atoms with van der Waals surface area (Å²) in [5.74, 6) is 0. The fourth-order valence-electron chi connectivity index (χ4n) is 0. The topological polar surface area (TPSA) is 85.5 Å². The first-order chi connectivity index (χ1) is 0. The second-order valence-electron chi connectivity index (χ2n) is 0. The number of hydrogen-bond acceptors (Lipinski definition) is 0. The predicted octanol–water partition coefficient (Wildman–Crippen LogP) is -3.89. The molecule has 0 rings (SSSR count). The number of rotatable bonds is 0. The molecule has 0 aliphatic carbocycles. The van der Waals surface area contributed by atoms with Gasteiger partial charge in [-0.15, -0.1) is 0 Å². The minimum Gasteiger partial charge on any atom is -2.00 e. The molecule has 0 heterocycles. The van der Waals surface area contributed by atoms with Crippen LogP contribution in [0.1, 0.15) is 0 Å². The van der Waals surface area contributed by atoms with Crippen molar-refractivity contribution >= 4 is 0 Å². The zero-order chi connectivity index (χ0) is 0. The van der Waals surface area contributed by atoms with Crippen LogP contribution < -0.4 is 24.0 Å². The van der Waals surface area contributed by atoms with Crippen molar-refractivity contribution in [3.05, 3.63) is 0 Å². The van der Waals surface area contributed by atoms with E-state index in [0.717, 1.165) is 0 Å². The van der Waals surface area contributed by atoms with Gasteiger partial charge in [0.2, 0.25) is 24.0 Å². The SMILES string of the molecule is [IH2+].[O-2].[O-2].[O-2].[Ta+5]. The van der Waals surface area contributed by atoms with E-state index in [0.29, 0.717) is 0 Å². The first-order valence-electron chi connectivity index (χ1n) is 0. The molecule has 0 bridgehead atoms. The van der Waals surface area contributed by atoms with Crippen molar-refractivity contribution < 1.29 is 62.8 Å². The normalized spacial score (nSPS) is 0. The minimum atomic E-state index is 0. The standard InChI is InChI=1S/H2I.3O.Ta/h1H2;;;;/q+1;3*-2;+5. The number of halogens is 1. The van der Waals surface area contributed by atoms with E-state index in [2.05, 4.69) is 0 Å². The molecule has 0 aliphatic heterocycles. The van der Waals surface area contributed by atoms with Gasteiger partial charge >= 0.3 is 22.4 Å². The number of hydrogen-bond donors (Lipinski definition) is 0. The Hall–Kier alpha value is 1.35. The van der Waals surface area contributed by atoms with Gasteiger partial charge in [0.05, 0.1) is 0 Å². The molecule has 5 heteroatoms. The van der Waals surface area contributed by atoms with Gasteiger partial charge in [-0.2, -0.15) is 0 Å². The van der Waals surface area contributed by atoms with Gasteiger partial charge in [0.25, 0.3) is 0 Å². The summed E-state index contributed by atoms with van der Waals surface area (Å²) >= 11 is 0. The van der Waals surface area contributed by atoms with E-state index in [1.54, 1.807) is 0 Å². The summed E-state index contributed by atoms with van der Waals surface area (Å²) in [7, 11) is 0. The molecule has 0 saturated carbocycles. The fraction of sp³-hybridized carbons (Fsp3) is 0. The van der Waals surface area contributed by atoms with E-state index < -0.39 is 0 Å². The Bertz CT molecular complexity index is 6.85. The van der Waals surface area contributed by atoms with Crippen LogP contribution in [-0.4, -0.2) is 0 Å². The summed E-state index contributed by atoms with van der Waals surface area (Å²) in [6, 6.07) is 0. The first-order valence-corrected chi connectivity index (χ1v) is 0. The predicted molar refractivity (Wildman–Crippen MR) is 4.85 cm³/mol. The average Bonchev–Trinajstić information content (AvgIpc) is 0. The molecule has 0 aromatic heterocycles. The third kappa shape index (κ3) is 32.9. The zero-order valence-corrected chi connectivity index (χ0v) is 7.89. The molecule has 0 radical (unpaired) electrons. The van der Waals surface area contributed by atoms with Crippen molar-refractivity contribution in [3.8, 4) is 0 Å². The molecule has 0 spiro atoms. The van der Waals surface area contributed by atoms with Gasteiger partial charge in [0.1, 0.15) is 0 Å². The van der Waals surface area contributed by atoms with Crippen molar-refractivity contribution in [1.82, 2.24) is 0 Å². The summed E-state index contributed by atoms with van der Waals surface area (Å²) in [4.78, 5) is 0. The van der Waals surface area contributed by atoms with Gasteiger partial charge in [0.15, 0.2) is 0 Å². The van der Waals surface area contributed by atoms with Gasteiger partial charge in [-0.25, -0.2) is 0 Å². The van der Waals surface area contributed by atoms with Crippen molar-refractivity contribution in [2.24, 2.45) is 0 Å². The Morgan fingerprint density at radius 2 is 0.600 bits per heavy atom. The van der Waals surface area contributed by atoms with Crippen molar-refractivity contribution in [1.29, 1.82) is 0 Å². The summed E-state index contributed by atoms with van der Waals surface area (Å²) in [6.45, 7) is 0. The van der Waals surface area contributed by atoms with Crippen molar-refractivity contribution in [3.63, 3.8) is 0 Å². The van der Waals surface area contributed by atoms with Crippen LogP contribution in [0.15, 0.2) is 0 Å². The summed E-state index contributed by atoms with van der Waals surface area (Å²) in [5.41, 5.74) is 0.